The highest BCUT2D eigenvalue weighted by Gasteiger charge is 2.39. The lowest BCUT2D eigenvalue weighted by Crippen LogP contribution is -2.36. The van der Waals surface area contributed by atoms with Crippen molar-refractivity contribution in [1.82, 2.24) is 5.32 Å². The number of nitrogens with one attached hydrogen (secondary N) is 1. The van der Waals surface area contributed by atoms with Gasteiger partial charge in [-0.15, -0.1) is 0 Å². The zero-order valence-electron chi connectivity index (χ0n) is 14.8. The molecule has 1 atom stereocenters. The Kier molecular flexibility index (Phi) is 7.02. The van der Waals surface area contributed by atoms with Gasteiger partial charge in [0.25, 0.3) is 0 Å². The molecular formula is C18H23ClN2O5. The van der Waals surface area contributed by atoms with Crippen molar-refractivity contribution in [2.75, 3.05) is 26.9 Å². The molecule has 0 bridgehead atoms. The third-order valence-electron chi connectivity index (χ3n) is 4.24. The summed E-state index contributed by atoms with van der Waals surface area (Å²) >= 11 is 6.39. The molecule has 0 aromatic rings. The van der Waals surface area contributed by atoms with Crippen LogP contribution in [0, 0.1) is 5.92 Å². The molecular weight excluding hydrogens is 360 g/mol. The van der Waals surface area contributed by atoms with E-state index in [9.17, 15) is 14.7 Å². The SMILES string of the molecule is COC(=O)C1=C(COCCN)NC(C)=C(C(=O)O)C1C1=C(Cl)CCC=C1. The molecule has 1 aliphatic heterocycles. The van der Waals surface area contributed by atoms with Crippen molar-refractivity contribution in [2.24, 2.45) is 11.7 Å². The molecule has 26 heavy (non-hydrogen) atoms. The van der Waals surface area contributed by atoms with E-state index in [1.54, 1.807) is 13.0 Å². The predicted octanol–water partition coefficient (Wildman–Crippen LogP) is 1.81. The Labute approximate surface area is 157 Å². The fraction of sp³-hybridized carbons (Fsp3) is 0.444. The Hall–Kier alpha value is -2.09. The maximum atomic E-state index is 12.5. The van der Waals surface area contributed by atoms with Crippen LogP contribution in [0.4, 0.5) is 0 Å². The molecule has 142 valence electrons. The summed E-state index contributed by atoms with van der Waals surface area (Å²) in [4.78, 5) is 24.5. The lowest BCUT2D eigenvalue weighted by Gasteiger charge is -2.32. The van der Waals surface area contributed by atoms with Gasteiger partial charge in [-0.25, -0.2) is 9.59 Å². The molecule has 1 aliphatic carbocycles. The molecule has 0 aromatic heterocycles. The highest BCUT2D eigenvalue weighted by molar-refractivity contribution is 6.30. The monoisotopic (exact) mass is 382 g/mol. The molecule has 0 saturated heterocycles. The summed E-state index contributed by atoms with van der Waals surface area (Å²) in [5, 5.41) is 13.3. The van der Waals surface area contributed by atoms with Gasteiger partial charge in [0.15, 0.2) is 0 Å². The van der Waals surface area contributed by atoms with Gasteiger partial charge in [-0.05, 0) is 25.3 Å². The van der Waals surface area contributed by atoms with Crippen LogP contribution in [0.5, 0.6) is 0 Å². The Morgan fingerprint density at radius 2 is 2.15 bits per heavy atom. The minimum Gasteiger partial charge on any atom is -0.478 e. The fourth-order valence-corrected chi connectivity index (χ4v) is 3.40. The number of ether oxygens (including phenoxy) is 2. The van der Waals surface area contributed by atoms with Gasteiger partial charge in [0, 0.05) is 17.3 Å². The lowest BCUT2D eigenvalue weighted by molar-refractivity contribution is -0.136. The summed E-state index contributed by atoms with van der Waals surface area (Å²) < 4.78 is 10.4. The predicted molar refractivity (Wildman–Crippen MR) is 97.1 cm³/mol. The summed E-state index contributed by atoms with van der Waals surface area (Å²) in [6.07, 6.45) is 5.05. The molecule has 1 heterocycles. The molecule has 4 N–H and O–H groups in total. The first-order valence-corrected chi connectivity index (χ1v) is 8.65. The topological polar surface area (TPSA) is 111 Å². The average Bonchev–Trinajstić information content (AvgIpc) is 2.61. The van der Waals surface area contributed by atoms with Crippen molar-refractivity contribution < 1.29 is 24.2 Å². The van der Waals surface area contributed by atoms with Crippen molar-refractivity contribution in [2.45, 2.75) is 19.8 Å². The van der Waals surface area contributed by atoms with Crippen LogP contribution in [0.25, 0.3) is 0 Å². The van der Waals surface area contributed by atoms with Crippen molar-refractivity contribution >= 4 is 23.5 Å². The molecule has 0 radical (unpaired) electrons. The maximum absolute atomic E-state index is 12.5. The zero-order valence-corrected chi connectivity index (χ0v) is 15.6. The molecule has 1 unspecified atom stereocenters. The lowest BCUT2D eigenvalue weighted by atomic mass is 9.78. The van der Waals surface area contributed by atoms with E-state index in [4.69, 9.17) is 26.8 Å². The van der Waals surface area contributed by atoms with E-state index >= 15 is 0 Å². The van der Waals surface area contributed by atoms with Gasteiger partial charge in [0.2, 0.25) is 0 Å². The van der Waals surface area contributed by atoms with Crippen LogP contribution in [0.2, 0.25) is 0 Å². The molecule has 0 saturated carbocycles. The largest absolute Gasteiger partial charge is 0.478 e. The van der Waals surface area contributed by atoms with Crippen molar-refractivity contribution in [3.05, 3.63) is 45.3 Å². The summed E-state index contributed by atoms with van der Waals surface area (Å²) in [6.45, 7) is 2.37. The Morgan fingerprint density at radius 1 is 1.42 bits per heavy atom. The number of aliphatic carboxylic acids is 1. The van der Waals surface area contributed by atoms with Crippen LogP contribution in [-0.4, -0.2) is 43.9 Å². The first-order chi connectivity index (χ1) is 12.4. The number of hydrogen-bond acceptors (Lipinski definition) is 6. The number of nitrogens with two attached hydrogens (primary N) is 1. The van der Waals surface area contributed by atoms with Gasteiger partial charge in [0.05, 0.1) is 43.1 Å². The molecule has 0 aromatic carbocycles. The van der Waals surface area contributed by atoms with Crippen LogP contribution in [-0.2, 0) is 19.1 Å². The molecule has 7 nitrogen and oxygen atoms in total. The normalized spacial score (nSPS) is 20.4. The Bertz CT molecular complexity index is 721. The van der Waals surface area contributed by atoms with Crippen LogP contribution < -0.4 is 11.1 Å². The van der Waals surface area contributed by atoms with E-state index in [1.165, 1.54) is 7.11 Å². The summed E-state index contributed by atoms with van der Waals surface area (Å²) in [6, 6.07) is 0. The number of carboxylic acids is 1. The minimum absolute atomic E-state index is 0.0627. The molecule has 0 amide bonds. The highest BCUT2D eigenvalue weighted by Crippen LogP contribution is 2.40. The van der Waals surface area contributed by atoms with E-state index in [1.807, 2.05) is 6.08 Å². The van der Waals surface area contributed by atoms with Gasteiger partial charge in [0.1, 0.15) is 0 Å². The quantitative estimate of drug-likeness (QED) is 0.454. The number of hydrogen-bond donors (Lipinski definition) is 3. The van der Waals surface area contributed by atoms with Crippen LogP contribution in [0.3, 0.4) is 0 Å². The maximum Gasteiger partial charge on any atom is 0.336 e. The molecule has 8 heteroatoms. The molecule has 0 spiro atoms. The van der Waals surface area contributed by atoms with Crippen molar-refractivity contribution in [3.63, 3.8) is 0 Å². The minimum atomic E-state index is -1.13. The van der Waals surface area contributed by atoms with Crippen LogP contribution >= 0.6 is 11.6 Å². The van der Waals surface area contributed by atoms with Gasteiger partial charge in [-0.3, -0.25) is 0 Å². The number of allylic oxidation sites excluding steroid dienone is 5. The van der Waals surface area contributed by atoms with Crippen LogP contribution in [0.1, 0.15) is 19.8 Å². The smallest absolute Gasteiger partial charge is 0.336 e. The number of dihydropyridines is 1. The number of carbonyl (C=O) groups is 2. The second kappa shape index (κ2) is 9.02. The zero-order chi connectivity index (χ0) is 19.3. The number of rotatable bonds is 7. The summed E-state index contributed by atoms with van der Waals surface area (Å²) in [5.74, 6) is -2.59. The third-order valence-corrected chi connectivity index (χ3v) is 4.65. The highest BCUT2D eigenvalue weighted by atomic mass is 35.5. The number of carbonyl (C=O) groups excluding carboxylic acids is 1. The number of methoxy groups -OCH3 is 1. The number of halogens is 1. The first-order valence-electron chi connectivity index (χ1n) is 8.27. The van der Waals surface area contributed by atoms with E-state index in [0.717, 1.165) is 6.42 Å². The van der Waals surface area contributed by atoms with Gasteiger partial charge in [-0.2, -0.15) is 0 Å². The average molecular weight is 383 g/mol. The Balaban J connectivity index is 2.62. The Morgan fingerprint density at radius 3 is 2.73 bits per heavy atom. The van der Waals surface area contributed by atoms with Crippen LogP contribution in [0.15, 0.2) is 45.3 Å². The van der Waals surface area contributed by atoms with Gasteiger partial charge in [-0.1, -0.05) is 23.8 Å². The number of carboxylic acid groups (broad SMARTS) is 1. The van der Waals surface area contributed by atoms with E-state index in [-0.39, 0.29) is 17.8 Å². The molecule has 2 aliphatic rings. The second-order valence-electron chi connectivity index (χ2n) is 5.93. The molecule has 0 fully saturated rings. The van der Waals surface area contributed by atoms with Crippen molar-refractivity contribution in [1.29, 1.82) is 0 Å². The van der Waals surface area contributed by atoms with Gasteiger partial charge >= 0.3 is 11.9 Å². The summed E-state index contributed by atoms with van der Waals surface area (Å²) in [5.41, 5.74) is 7.16. The molecule has 2 rings (SSSR count). The first kappa shape index (κ1) is 20.2. The fourth-order valence-electron chi connectivity index (χ4n) is 3.12. The summed E-state index contributed by atoms with van der Waals surface area (Å²) in [7, 11) is 1.25. The second-order valence-corrected chi connectivity index (χ2v) is 6.38. The van der Waals surface area contributed by atoms with Crippen molar-refractivity contribution in [3.8, 4) is 0 Å². The number of esters is 1. The van der Waals surface area contributed by atoms with E-state index < -0.39 is 17.9 Å². The van der Waals surface area contributed by atoms with E-state index in [0.29, 0.717) is 41.6 Å². The van der Waals surface area contributed by atoms with Gasteiger partial charge < -0.3 is 25.6 Å². The van der Waals surface area contributed by atoms with E-state index in [2.05, 4.69) is 5.32 Å². The third kappa shape index (κ3) is 4.17. The standard InChI is InChI=1S/C18H23ClN2O5/c1-10-14(17(22)23)15(11-5-3-4-6-12(11)19)16(18(24)25-2)13(21-10)9-26-8-7-20/h3,5,15,21H,4,6-9,20H2,1-2H3,(H,22,23).